The minimum atomic E-state index is -0.766. The molecule has 0 aliphatic carbocycles. The van der Waals surface area contributed by atoms with Gasteiger partial charge in [-0.2, -0.15) is 0 Å². The summed E-state index contributed by atoms with van der Waals surface area (Å²) in [5, 5.41) is 0. The number of hydrogen-bond acceptors (Lipinski definition) is 5. The Morgan fingerprint density at radius 3 is 2.95 bits per heavy atom. The maximum Gasteiger partial charge on any atom is 0.410 e. The molecule has 0 N–H and O–H groups in total. The van der Waals surface area contributed by atoms with Crippen LogP contribution in [0, 0.1) is 0 Å². The molecular formula is C15H18N2O4. The number of carbonyl (C=O) groups is 2. The number of ether oxygens (including phenoxy) is 2. The van der Waals surface area contributed by atoms with E-state index in [-0.39, 0.29) is 6.09 Å². The lowest BCUT2D eigenvalue weighted by molar-refractivity contribution is -0.00887. The number of hydrogen-bond donors (Lipinski definition) is 0. The molecular weight excluding hydrogens is 272 g/mol. The highest BCUT2D eigenvalue weighted by atomic mass is 16.6. The van der Waals surface area contributed by atoms with Crippen LogP contribution in [0.4, 0.5) is 4.79 Å². The number of carbonyl (C=O) groups excluding carboxylic acids is 2. The Hall–Kier alpha value is -2.11. The first-order valence-corrected chi connectivity index (χ1v) is 6.98. The largest absolute Gasteiger partial charge is 0.447 e. The highest BCUT2D eigenvalue weighted by molar-refractivity contribution is 5.92. The lowest BCUT2D eigenvalue weighted by Gasteiger charge is -2.26. The number of esters is 1. The van der Waals surface area contributed by atoms with Gasteiger partial charge in [-0.1, -0.05) is 6.07 Å². The monoisotopic (exact) mass is 290 g/mol. The molecule has 0 bridgehead atoms. The van der Waals surface area contributed by atoms with Crippen molar-refractivity contribution in [3.8, 4) is 0 Å². The Bertz CT molecular complexity index is 608. The molecule has 6 nitrogen and oxygen atoms in total. The van der Waals surface area contributed by atoms with E-state index in [1.807, 2.05) is 26.8 Å². The SMILES string of the molecule is CC(C)(C)OC(=O)N1CCC2(C1)OC(=O)c1ncccc12. The van der Waals surface area contributed by atoms with Gasteiger partial charge in [-0.05, 0) is 26.8 Å². The summed E-state index contributed by atoms with van der Waals surface area (Å²) >= 11 is 0. The van der Waals surface area contributed by atoms with E-state index in [9.17, 15) is 9.59 Å². The standard InChI is InChI=1S/C15H18N2O4/c1-14(2,3)21-13(19)17-8-6-15(9-17)10-5-4-7-16-11(10)12(18)20-15/h4-5,7H,6,8-9H2,1-3H3. The van der Waals surface area contributed by atoms with Crippen LogP contribution in [-0.2, 0) is 15.1 Å². The predicted octanol–water partition coefficient (Wildman–Crippen LogP) is 2.09. The minimum Gasteiger partial charge on any atom is -0.447 e. The first-order chi connectivity index (χ1) is 9.81. The number of nitrogens with zero attached hydrogens (tertiary/aromatic N) is 2. The second kappa shape index (κ2) is 4.44. The number of pyridine rings is 1. The van der Waals surface area contributed by atoms with E-state index in [2.05, 4.69) is 4.98 Å². The molecule has 2 aliphatic rings. The van der Waals surface area contributed by atoms with Gasteiger partial charge in [-0.15, -0.1) is 0 Å². The van der Waals surface area contributed by atoms with Crippen LogP contribution in [0.5, 0.6) is 0 Å². The van der Waals surface area contributed by atoms with Gasteiger partial charge in [-0.3, -0.25) is 0 Å². The minimum absolute atomic E-state index is 0.312. The third-order valence-corrected chi connectivity index (χ3v) is 3.66. The van der Waals surface area contributed by atoms with Crippen molar-refractivity contribution >= 4 is 12.1 Å². The van der Waals surface area contributed by atoms with Gasteiger partial charge < -0.3 is 14.4 Å². The second-order valence-corrected chi connectivity index (χ2v) is 6.44. The van der Waals surface area contributed by atoms with E-state index < -0.39 is 17.2 Å². The summed E-state index contributed by atoms with van der Waals surface area (Å²) in [6.45, 7) is 6.28. The van der Waals surface area contributed by atoms with E-state index in [1.54, 1.807) is 17.2 Å². The average molecular weight is 290 g/mol. The summed E-state index contributed by atoms with van der Waals surface area (Å²) in [6.07, 6.45) is 1.75. The maximum atomic E-state index is 12.1. The molecule has 1 fully saturated rings. The lowest BCUT2D eigenvalue weighted by Crippen LogP contribution is -2.38. The van der Waals surface area contributed by atoms with Gasteiger partial charge in [0.15, 0.2) is 11.3 Å². The van der Waals surface area contributed by atoms with E-state index in [0.29, 0.717) is 25.2 Å². The molecule has 0 radical (unpaired) electrons. The van der Waals surface area contributed by atoms with Crippen LogP contribution in [-0.4, -0.2) is 40.6 Å². The highest BCUT2D eigenvalue weighted by Crippen LogP contribution is 2.42. The summed E-state index contributed by atoms with van der Waals surface area (Å²) in [5.41, 5.74) is -0.194. The summed E-state index contributed by atoms with van der Waals surface area (Å²) in [7, 11) is 0. The van der Waals surface area contributed by atoms with Crippen molar-refractivity contribution in [1.29, 1.82) is 0 Å². The first kappa shape index (κ1) is 13.9. The molecule has 0 saturated carbocycles. The van der Waals surface area contributed by atoms with Crippen molar-refractivity contribution < 1.29 is 19.1 Å². The van der Waals surface area contributed by atoms with Crippen LogP contribution < -0.4 is 0 Å². The fraction of sp³-hybridized carbons (Fsp3) is 0.533. The molecule has 1 amide bonds. The summed E-state index contributed by atoms with van der Waals surface area (Å²) in [4.78, 5) is 29.7. The Morgan fingerprint density at radius 1 is 1.48 bits per heavy atom. The molecule has 6 heteroatoms. The van der Waals surface area contributed by atoms with Gasteiger partial charge in [0.05, 0.1) is 6.54 Å². The van der Waals surface area contributed by atoms with Gasteiger partial charge in [0.2, 0.25) is 0 Å². The predicted molar refractivity (Wildman–Crippen MR) is 73.8 cm³/mol. The quantitative estimate of drug-likeness (QED) is 0.684. The van der Waals surface area contributed by atoms with Crippen LogP contribution in [0.3, 0.4) is 0 Å². The fourth-order valence-electron chi connectivity index (χ4n) is 2.78. The molecule has 1 aromatic heterocycles. The summed E-state index contributed by atoms with van der Waals surface area (Å²) in [6, 6.07) is 3.62. The molecule has 3 heterocycles. The van der Waals surface area contributed by atoms with Crippen molar-refractivity contribution in [2.24, 2.45) is 0 Å². The normalized spacial score (nSPS) is 24.1. The van der Waals surface area contributed by atoms with Crippen LogP contribution in [0.15, 0.2) is 18.3 Å². The molecule has 1 atom stereocenters. The van der Waals surface area contributed by atoms with E-state index >= 15 is 0 Å². The van der Waals surface area contributed by atoms with Crippen molar-refractivity contribution in [2.45, 2.75) is 38.4 Å². The zero-order chi connectivity index (χ0) is 15.3. The van der Waals surface area contributed by atoms with Gasteiger partial charge in [-0.25, -0.2) is 14.6 Å². The Morgan fingerprint density at radius 2 is 2.24 bits per heavy atom. The van der Waals surface area contributed by atoms with Gasteiger partial charge in [0.1, 0.15) is 5.60 Å². The average Bonchev–Trinajstić information content (AvgIpc) is 2.93. The molecule has 21 heavy (non-hydrogen) atoms. The van der Waals surface area contributed by atoms with E-state index in [1.165, 1.54) is 0 Å². The van der Waals surface area contributed by atoms with E-state index in [0.717, 1.165) is 5.56 Å². The first-order valence-electron chi connectivity index (χ1n) is 6.98. The molecule has 3 rings (SSSR count). The van der Waals surface area contributed by atoms with Crippen LogP contribution in [0.25, 0.3) is 0 Å². The smallest absolute Gasteiger partial charge is 0.410 e. The summed E-state index contributed by atoms with van der Waals surface area (Å²) < 4.78 is 10.9. The third kappa shape index (κ3) is 2.34. The van der Waals surface area contributed by atoms with Gasteiger partial charge in [0, 0.05) is 24.7 Å². The van der Waals surface area contributed by atoms with Crippen molar-refractivity contribution in [3.05, 3.63) is 29.6 Å². The Balaban J connectivity index is 1.82. The number of fused-ring (bicyclic) bond motifs is 2. The second-order valence-electron chi connectivity index (χ2n) is 6.44. The zero-order valence-electron chi connectivity index (χ0n) is 12.4. The molecule has 1 saturated heterocycles. The van der Waals surface area contributed by atoms with Gasteiger partial charge >= 0.3 is 12.1 Å². The van der Waals surface area contributed by atoms with Crippen molar-refractivity contribution in [1.82, 2.24) is 9.88 Å². The lowest BCUT2D eigenvalue weighted by atomic mass is 9.94. The van der Waals surface area contributed by atoms with Crippen molar-refractivity contribution in [2.75, 3.05) is 13.1 Å². The Labute approximate surface area is 123 Å². The number of amides is 1. The highest BCUT2D eigenvalue weighted by Gasteiger charge is 2.52. The molecule has 1 spiro atoms. The van der Waals surface area contributed by atoms with Crippen LogP contribution in [0.2, 0.25) is 0 Å². The third-order valence-electron chi connectivity index (χ3n) is 3.66. The fourth-order valence-corrected chi connectivity index (χ4v) is 2.78. The van der Waals surface area contributed by atoms with E-state index in [4.69, 9.17) is 9.47 Å². The maximum absolute atomic E-state index is 12.1. The van der Waals surface area contributed by atoms with Crippen LogP contribution in [0.1, 0.15) is 43.2 Å². The van der Waals surface area contributed by atoms with Gasteiger partial charge in [0.25, 0.3) is 0 Å². The molecule has 112 valence electrons. The Kier molecular flexibility index (Phi) is 2.93. The molecule has 2 aliphatic heterocycles. The van der Waals surface area contributed by atoms with Crippen molar-refractivity contribution in [3.63, 3.8) is 0 Å². The number of aromatic nitrogens is 1. The zero-order valence-corrected chi connectivity index (χ0v) is 12.4. The summed E-state index contributed by atoms with van der Waals surface area (Å²) in [5.74, 6) is -0.420. The number of rotatable bonds is 0. The molecule has 0 aromatic carbocycles. The topological polar surface area (TPSA) is 68.7 Å². The molecule has 1 aromatic rings. The number of likely N-dealkylation sites (tertiary alicyclic amines) is 1. The molecule has 1 unspecified atom stereocenters. The van der Waals surface area contributed by atoms with Crippen LogP contribution >= 0.6 is 0 Å².